The van der Waals surface area contributed by atoms with Gasteiger partial charge in [0.25, 0.3) is 0 Å². The highest BCUT2D eigenvalue weighted by Gasteiger charge is 2.14. The van der Waals surface area contributed by atoms with E-state index in [4.69, 9.17) is 16.3 Å². The average Bonchev–Trinajstić information content (AvgIpc) is 3.10. The predicted molar refractivity (Wildman–Crippen MR) is 96.5 cm³/mol. The van der Waals surface area contributed by atoms with Gasteiger partial charge in [-0.25, -0.2) is 4.98 Å². The third kappa shape index (κ3) is 4.22. The summed E-state index contributed by atoms with van der Waals surface area (Å²) in [5.41, 5.74) is 1.30. The monoisotopic (exact) mass is 387 g/mol. The number of rotatable bonds is 6. The summed E-state index contributed by atoms with van der Waals surface area (Å²) >= 11 is 6.90. The molecule has 0 spiro atoms. The van der Waals surface area contributed by atoms with Crippen LogP contribution in [-0.4, -0.2) is 33.2 Å². The van der Waals surface area contributed by atoms with Gasteiger partial charge in [0, 0.05) is 22.3 Å². The van der Waals surface area contributed by atoms with Gasteiger partial charge in [-0.1, -0.05) is 11.6 Å². The number of thioether (sulfide) groups is 1. The standard InChI is InChI=1S/C17H13ClN4O3S/c1-25-13-3-2-11(18)9-12(13)15-20-17(22-21-15)26-14(16(23)24)8-10-4-6-19-7-5-10/h2-9H,1H3,(H,23,24)(H,20,21,22)/p-1/b14-8-. The Labute approximate surface area is 158 Å². The number of carbonyl (C=O) groups is 1. The molecule has 0 atom stereocenters. The summed E-state index contributed by atoms with van der Waals surface area (Å²) in [7, 11) is 1.53. The minimum absolute atomic E-state index is 0.0280. The number of nitrogens with one attached hydrogen (secondary N) is 1. The van der Waals surface area contributed by atoms with Crippen molar-refractivity contribution in [2.24, 2.45) is 0 Å². The highest BCUT2D eigenvalue weighted by Crippen LogP contribution is 2.32. The van der Waals surface area contributed by atoms with Crippen molar-refractivity contribution in [3.8, 4) is 17.1 Å². The van der Waals surface area contributed by atoms with E-state index in [2.05, 4.69) is 20.2 Å². The number of aromatic nitrogens is 4. The molecule has 1 aromatic carbocycles. The number of pyridine rings is 1. The van der Waals surface area contributed by atoms with Crippen LogP contribution in [0.3, 0.4) is 0 Å². The number of aromatic amines is 1. The van der Waals surface area contributed by atoms with Gasteiger partial charge in [0.1, 0.15) is 5.75 Å². The van der Waals surface area contributed by atoms with Gasteiger partial charge in [0.2, 0.25) is 5.16 Å². The molecule has 2 aromatic heterocycles. The number of carboxylic acid groups (broad SMARTS) is 1. The Bertz CT molecular complexity index is 960. The lowest BCUT2D eigenvalue weighted by Gasteiger charge is -2.06. The zero-order valence-electron chi connectivity index (χ0n) is 13.5. The van der Waals surface area contributed by atoms with Crippen LogP contribution < -0.4 is 9.84 Å². The Kier molecular flexibility index (Phi) is 5.55. The van der Waals surface area contributed by atoms with E-state index in [0.29, 0.717) is 27.7 Å². The molecule has 0 aliphatic carbocycles. The van der Waals surface area contributed by atoms with Crippen molar-refractivity contribution in [1.29, 1.82) is 0 Å². The number of hydrogen-bond donors (Lipinski definition) is 1. The summed E-state index contributed by atoms with van der Waals surface area (Å²) in [5, 5.41) is 19.0. The summed E-state index contributed by atoms with van der Waals surface area (Å²) in [4.78, 5) is 19.6. The van der Waals surface area contributed by atoms with Gasteiger partial charge in [-0.3, -0.25) is 10.1 Å². The second-order valence-corrected chi connectivity index (χ2v) is 6.44. The summed E-state index contributed by atoms with van der Waals surface area (Å²) < 4.78 is 5.29. The van der Waals surface area contributed by atoms with Gasteiger partial charge in [0.15, 0.2) is 5.82 Å². The zero-order chi connectivity index (χ0) is 18.5. The second-order valence-electron chi connectivity index (χ2n) is 4.99. The Morgan fingerprint density at radius 3 is 2.77 bits per heavy atom. The maximum Gasteiger partial charge on any atom is 0.213 e. The van der Waals surface area contributed by atoms with E-state index in [9.17, 15) is 9.90 Å². The maximum absolute atomic E-state index is 11.4. The first-order valence-corrected chi connectivity index (χ1v) is 8.53. The molecule has 0 amide bonds. The zero-order valence-corrected chi connectivity index (χ0v) is 15.0. The quantitative estimate of drug-likeness (QED) is 0.511. The largest absolute Gasteiger partial charge is 0.544 e. The highest BCUT2D eigenvalue weighted by atomic mass is 35.5. The molecule has 0 fully saturated rings. The molecular formula is C17H12ClN4O3S-. The van der Waals surface area contributed by atoms with Gasteiger partial charge in [-0.2, -0.15) is 0 Å². The molecule has 0 bridgehead atoms. The van der Waals surface area contributed by atoms with Crippen LogP contribution in [0.1, 0.15) is 5.56 Å². The van der Waals surface area contributed by atoms with Crippen LogP contribution in [0.15, 0.2) is 52.8 Å². The first kappa shape index (κ1) is 18.0. The van der Waals surface area contributed by atoms with Crippen molar-refractivity contribution in [3.63, 3.8) is 0 Å². The number of carboxylic acids is 1. The molecule has 0 radical (unpaired) electrons. The van der Waals surface area contributed by atoms with Crippen molar-refractivity contribution in [3.05, 3.63) is 58.2 Å². The van der Waals surface area contributed by atoms with Crippen LogP contribution in [0.2, 0.25) is 5.02 Å². The van der Waals surface area contributed by atoms with Gasteiger partial charge in [-0.15, -0.1) is 5.10 Å². The van der Waals surface area contributed by atoms with E-state index < -0.39 is 5.97 Å². The Morgan fingerprint density at radius 1 is 1.31 bits per heavy atom. The van der Waals surface area contributed by atoms with E-state index >= 15 is 0 Å². The molecule has 26 heavy (non-hydrogen) atoms. The molecule has 0 saturated heterocycles. The van der Waals surface area contributed by atoms with Gasteiger partial charge >= 0.3 is 0 Å². The van der Waals surface area contributed by atoms with Gasteiger partial charge in [-0.05, 0) is 53.7 Å². The van der Waals surface area contributed by atoms with E-state index in [1.54, 1.807) is 42.7 Å². The van der Waals surface area contributed by atoms with E-state index in [1.807, 2.05) is 0 Å². The summed E-state index contributed by atoms with van der Waals surface area (Å²) in [6.45, 7) is 0. The fourth-order valence-electron chi connectivity index (χ4n) is 2.12. The number of hydrogen-bond acceptors (Lipinski definition) is 7. The molecule has 7 nitrogen and oxygen atoms in total. The molecular weight excluding hydrogens is 376 g/mol. The summed E-state index contributed by atoms with van der Waals surface area (Å²) in [5.74, 6) is -0.346. The number of halogens is 1. The van der Waals surface area contributed by atoms with E-state index in [1.165, 1.54) is 13.2 Å². The summed E-state index contributed by atoms with van der Waals surface area (Å²) in [6, 6.07) is 8.46. The summed E-state index contributed by atoms with van der Waals surface area (Å²) in [6.07, 6.45) is 4.61. The third-order valence-electron chi connectivity index (χ3n) is 3.29. The van der Waals surface area contributed by atoms with E-state index in [0.717, 1.165) is 11.8 Å². The Morgan fingerprint density at radius 2 is 2.08 bits per heavy atom. The van der Waals surface area contributed by atoms with Crippen molar-refractivity contribution in [2.45, 2.75) is 5.16 Å². The molecule has 0 aliphatic heterocycles. The number of methoxy groups -OCH3 is 1. The molecule has 0 saturated carbocycles. The van der Waals surface area contributed by atoms with Crippen LogP contribution in [0.4, 0.5) is 0 Å². The molecule has 0 unspecified atom stereocenters. The first-order chi connectivity index (χ1) is 12.6. The fourth-order valence-corrected chi connectivity index (χ4v) is 2.99. The predicted octanol–water partition coefficient (Wildman–Crippen LogP) is 2.41. The molecule has 3 aromatic rings. The molecule has 3 rings (SSSR count). The minimum Gasteiger partial charge on any atom is -0.544 e. The van der Waals surface area contributed by atoms with Crippen LogP contribution >= 0.6 is 23.4 Å². The van der Waals surface area contributed by atoms with E-state index in [-0.39, 0.29) is 10.1 Å². The number of H-pyrrole nitrogens is 1. The Hall–Kier alpha value is -2.84. The van der Waals surface area contributed by atoms with Crippen LogP contribution in [0.5, 0.6) is 5.75 Å². The van der Waals surface area contributed by atoms with Crippen LogP contribution in [-0.2, 0) is 4.79 Å². The molecule has 2 heterocycles. The van der Waals surface area contributed by atoms with Crippen LogP contribution in [0, 0.1) is 0 Å². The maximum atomic E-state index is 11.4. The van der Waals surface area contributed by atoms with Crippen molar-refractivity contribution < 1.29 is 14.6 Å². The smallest absolute Gasteiger partial charge is 0.213 e. The molecule has 0 aliphatic rings. The molecule has 9 heteroatoms. The topological polar surface area (TPSA) is 104 Å². The number of carbonyl (C=O) groups excluding carboxylic acids is 1. The lowest BCUT2D eigenvalue weighted by Crippen LogP contribution is -2.23. The number of nitrogens with zero attached hydrogens (tertiary/aromatic N) is 3. The fraction of sp³-hybridized carbons (Fsp3) is 0.0588. The first-order valence-electron chi connectivity index (χ1n) is 7.34. The number of benzene rings is 1. The number of ether oxygens (including phenoxy) is 1. The normalized spacial score (nSPS) is 11.4. The second kappa shape index (κ2) is 8.03. The van der Waals surface area contributed by atoms with Crippen molar-refractivity contribution >= 4 is 35.4 Å². The van der Waals surface area contributed by atoms with Crippen molar-refractivity contribution in [2.75, 3.05) is 7.11 Å². The van der Waals surface area contributed by atoms with Gasteiger partial charge in [0.05, 0.1) is 18.6 Å². The third-order valence-corrected chi connectivity index (χ3v) is 4.39. The van der Waals surface area contributed by atoms with Crippen molar-refractivity contribution in [1.82, 2.24) is 20.2 Å². The Balaban J connectivity index is 1.89. The molecule has 1 N–H and O–H groups in total. The van der Waals surface area contributed by atoms with Gasteiger partial charge < -0.3 is 14.6 Å². The minimum atomic E-state index is -1.32. The highest BCUT2D eigenvalue weighted by molar-refractivity contribution is 8.04. The van der Waals surface area contributed by atoms with Crippen LogP contribution in [0.25, 0.3) is 17.5 Å². The number of aliphatic carboxylic acids is 1. The lowest BCUT2D eigenvalue weighted by molar-refractivity contribution is -0.297. The SMILES string of the molecule is COc1ccc(Cl)cc1-c1nc(S/C(=C\c2ccncc2)C(=O)[O-])n[nH]1. The molecule has 132 valence electrons. The lowest BCUT2D eigenvalue weighted by atomic mass is 10.2. The average molecular weight is 388 g/mol.